The van der Waals surface area contributed by atoms with E-state index in [1.165, 1.54) is 5.75 Å². The summed E-state index contributed by atoms with van der Waals surface area (Å²) in [6.45, 7) is 0. The van der Waals surface area contributed by atoms with Crippen LogP contribution in [-0.2, 0) is 4.79 Å². The highest BCUT2D eigenvalue weighted by molar-refractivity contribution is 8.06. The molecule has 1 N–H and O–H groups in total. The van der Waals surface area contributed by atoms with Gasteiger partial charge in [0.25, 0.3) is 0 Å². The SMILES string of the molecule is O=C(O)C1CCCC1c1nc(C2CSCCS2)no1. The molecule has 2 heterocycles. The topological polar surface area (TPSA) is 76.2 Å². The standard InChI is InChI=1S/C12H16N2O3S2/c15-12(16)8-3-1-2-7(8)11-13-10(14-17-11)9-6-18-4-5-19-9/h7-9H,1-6H2,(H,15,16). The summed E-state index contributed by atoms with van der Waals surface area (Å²) >= 11 is 3.77. The maximum absolute atomic E-state index is 11.2. The number of rotatable bonds is 3. The van der Waals surface area contributed by atoms with Gasteiger partial charge < -0.3 is 9.63 Å². The molecule has 3 atom stereocenters. The fourth-order valence-corrected chi connectivity index (χ4v) is 5.31. The fraction of sp³-hybridized carbons (Fsp3) is 0.750. The second kappa shape index (κ2) is 5.75. The third-order valence-corrected chi connectivity index (χ3v) is 6.46. The molecule has 1 saturated heterocycles. The molecular formula is C12H16N2O3S2. The Morgan fingerprint density at radius 2 is 2.26 bits per heavy atom. The van der Waals surface area contributed by atoms with E-state index in [1.54, 1.807) is 0 Å². The number of aromatic nitrogens is 2. The van der Waals surface area contributed by atoms with Crippen molar-refractivity contribution in [3.63, 3.8) is 0 Å². The van der Waals surface area contributed by atoms with Gasteiger partial charge in [-0.15, -0.1) is 11.8 Å². The number of carbonyl (C=O) groups is 1. The van der Waals surface area contributed by atoms with Crippen LogP contribution >= 0.6 is 23.5 Å². The first-order chi connectivity index (χ1) is 9.25. The van der Waals surface area contributed by atoms with Gasteiger partial charge >= 0.3 is 5.97 Å². The van der Waals surface area contributed by atoms with Crippen molar-refractivity contribution in [2.45, 2.75) is 30.4 Å². The monoisotopic (exact) mass is 300 g/mol. The molecule has 1 aliphatic heterocycles. The van der Waals surface area contributed by atoms with Gasteiger partial charge in [-0.3, -0.25) is 4.79 Å². The van der Waals surface area contributed by atoms with E-state index in [1.807, 2.05) is 23.5 Å². The van der Waals surface area contributed by atoms with Crippen molar-refractivity contribution in [1.82, 2.24) is 10.1 Å². The molecule has 0 amide bonds. The number of carboxylic acid groups (broad SMARTS) is 1. The van der Waals surface area contributed by atoms with Gasteiger partial charge in [-0.2, -0.15) is 16.7 Å². The second-order valence-corrected chi connectivity index (χ2v) is 7.37. The molecule has 1 aromatic heterocycles. The Morgan fingerprint density at radius 1 is 1.37 bits per heavy atom. The lowest BCUT2D eigenvalue weighted by Gasteiger charge is -2.17. The first-order valence-corrected chi connectivity index (χ1v) is 8.71. The molecule has 19 heavy (non-hydrogen) atoms. The van der Waals surface area contributed by atoms with Crippen LogP contribution in [0.2, 0.25) is 0 Å². The third kappa shape index (κ3) is 2.76. The highest BCUT2D eigenvalue weighted by Crippen LogP contribution is 2.41. The largest absolute Gasteiger partial charge is 0.481 e. The van der Waals surface area contributed by atoms with Gasteiger partial charge in [0.15, 0.2) is 5.82 Å². The summed E-state index contributed by atoms with van der Waals surface area (Å²) < 4.78 is 5.34. The van der Waals surface area contributed by atoms with Crippen LogP contribution in [0.4, 0.5) is 0 Å². The zero-order valence-electron chi connectivity index (χ0n) is 10.4. The van der Waals surface area contributed by atoms with E-state index in [4.69, 9.17) is 4.52 Å². The molecule has 3 rings (SSSR count). The highest BCUT2D eigenvalue weighted by Gasteiger charge is 2.38. The maximum atomic E-state index is 11.2. The van der Waals surface area contributed by atoms with Crippen LogP contribution in [-0.4, -0.2) is 38.5 Å². The Morgan fingerprint density at radius 3 is 3.00 bits per heavy atom. The van der Waals surface area contributed by atoms with Crippen molar-refractivity contribution in [1.29, 1.82) is 0 Å². The molecule has 7 heteroatoms. The summed E-state index contributed by atoms with van der Waals surface area (Å²) in [6, 6.07) is 0. The van der Waals surface area contributed by atoms with Gasteiger partial charge in [-0.25, -0.2) is 0 Å². The molecule has 0 aromatic carbocycles. The normalized spacial score (nSPS) is 31.5. The second-order valence-electron chi connectivity index (χ2n) is 4.91. The molecule has 2 aliphatic rings. The van der Waals surface area contributed by atoms with Crippen LogP contribution < -0.4 is 0 Å². The Kier molecular flexibility index (Phi) is 4.02. The van der Waals surface area contributed by atoms with Gasteiger partial charge in [-0.05, 0) is 12.8 Å². The van der Waals surface area contributed by atoms with Crippen molar-refractivity contribution in [3.8, 4) is 0 Å². The van der Waals surface area contributed by atoms with E-state index in [9.17, 15) is 9.90 Å². The minimum absolute atomic E-state index is 0.0972. The lowest BCUT2D eigenvalue weighted by Crippen LogP contribution is -2.17. The molecule has 2 fully saturated rings. The van der Waals surface area contributed by atoms with Crippen LogP contribution in [0.1, 0.15) is 42.1 Å². The lowest BCUT2D eigenvalue weighted by atomic mass is 9.96. The van der Waals surface area contributed by atoms with Crippen molar-refractivity contribution in [3.05, 3.63) is 11.7 Å². The summed E-state index contributed by atoms with van der Waals surface area (Å²) in [7, 11) is 0. The molecule has 1 aliphatic carbocycles. The predicted molar refractivity (Wildman–Crippen MR) is 74.5 cm³/mol. The van der Waals surface area contributed by atoms with Crippen LogP contribution in [0, 0.1) is 5.92 Å². The Labute approximate surface area is 119 Å². The van der Waals surface area contributed by atoms with Gasteiger partial charge in [0.2, 0.25) is 5.89 Å². The average molecular weight is 300 g/mol. The molecule has 0 bridgehead atoms. The molecular weight excluding hydrogens is 284 g/mol. The van der Waals surface area contributed by atoms with Crippen LogP contribution in [0.3, 0.4) is 0 Å². The number of nitrogens with zero attached hydrogens (tertiary/aromatic N) is 2. The number of hydrogen-bond donors (Lipinski definition) is 1. The molecule has 3 unspecified atom stereocenters. The summed E-state index contributed by atoms with van der Waals surface area (Å²) in [4.78, 5) is 15.7. The Balaban J connectivity index is 1.75. The predicted octanol–water partition coefficient (Wildman–Crippen LogP) is 2.56. The minimum Gasteiger partial charge on any atom is -0.481 e. The molecule has 1 saturated carbocycles. The molecule has 1 aromatic rings. The Bertz CT molecular complexity index is 460. The summed E-state index contributed by atoms with van der Waals surface area (Å²) in [6.07, 6.45) is 2.48. The van der Waals surface area contributed by atoms with Gasteiger partial charge in [0.1, 0.15) is 0 Å². The maximum Gasteiger partial charge on any atom is 0.307 e. The van der Waals surface area contributed by atoms with Crippen LogP contribution in [0.15, 0.2) is 4.52 Å². The third-order valence-electron chi connectivity index (χ3n) is 3.71. The quantitative estimate of drug-likeness (QED) is 0.919. The van der Waals surface area contributed by atoms with E-state index in [2.05, 4.69) is 10.1 Å². The van der Waals surface area contributed by atoms with Crippen LogP contribution in [0.25, 0.3) is 0 Å². The van der Waals surface area contributed by atoms with E-state index >= 15 is 0 Å². The summed E-state index contributed by atoms with van der Waals surface area (Å²) in [5.41, 5.74) is 0. The minimum atomic E-state index is -0.746. The molecule has 104 valence electrons. The zero-order valence-corrected chi connectivity index (χ0v) is 12.1. The number of thioether (sulfide) groups is 2. The number of hydrogen-bond acceptors (Lipinski definition) is 6. The van der Waals surface area contributed by atoms with E-state index < -0.39 is 5.97 Å². The van der Waals surface area contributed by atoms with Gasteiger partial charge in [0, 0.05) is 17.3 Å². The number of aliphatic carboxylic acids is 1. The van der Waals surface area contributed by atoms with E-state index in [-0.39, 0.29) is 11.8 Å². The molecule has 0 spiro atoms. The van der Waals surface area contributed by atoms with Crippen LogP contribution in [0.5, 0.6) is 0 Å². The van der Waals surface area contributed by atoms with Crippen molar-refractivity contribution < 1.29 is 14.4 Å². The average Bonchev–Trinajstić information content (AvgIpc) is 3.08. The van der Waals surface area contributed by atoms with Gasteiger partial charge in [0.05, 0.1) is 17.1 Å². The van der Waals surface area contributed by atoms with Crippen molar-refractivity contribution in [2.75, 3.05) is 17.3 Å². The lowest BCUT2D eigenvalue weighted by molar-refractivity contribution is -0.142. The van der Waals surface area contributed by atoms with Gasteiger partial charge in [-0.1, -0.05) is 11.6 Å². The highest BCUT2D eigenvalue weighted by atomic mass is 32.2. The first kappa shape index (κ1) is 13.3. The number of carboxylic acids is 1. The summed E-state index contributed by atoms with van der Waals surface area (Å²) in [5.74, 6) is 3.36. The summed E-state index contributed by atoms with van der Waals surface area (Å²) in [5, 5.41) is 13.6. The smallest absolute Gasteiger partial charge is 0.307 e. The van der Waals surface area contributed by atoms with E-state index in [0.29, 0.717) is 17.6 Å². The zero-order chi connectivity index (χ0) is 13.2. The molecule has 0 radical (unpaired) electrons. The first-order valence-electron chi connectivity index (χ1n) is 6.51. The molecule has 5 nitrogen and oxygen atoms in total. The van der Waals surface area contributed by atoms with Crippen molar-refractivity contribution in [2.24, 2.45) is 5.92 Å². The van der Waals surface area contributed by atoms with E-state index in [0.717, 1.165) is 30.2 Å². The van der Waals surface area contributed by atoms with Crippen molar-refractivity contribution >= 4 is 29.5 Å². The Hall–Kier alpha value is -0.690. The fourth-order valence-electron chi connectivity index (χ4n) is 2.72.